The number of fused-ring (bicyclic) bond motifs is 1. The highest BCUT2D eigenvalue weighted by molar-refractivity contribution is 6.34. The molecule has 2 unspecified atom stereocenters. The van der Waals surface area contributed by atoms with Gasteiger partial charge >= 0.3 is 0 Å². The first kappa shape index (κ1) is 29.0. The second kappa shape index (κ2) is 11.4. The lowest BCUT2D eigenvalue weighted by Gasteiger charge is -2.37. The van der Waals surface area contributed by atoms with Gasteiger partial charge in [0.2, 0.25) is 11.8 Å². The quantitative estimate of drug-likeness (QED) is 0.404. The summed E-state index contributed by atoms with van der Waals surface area (Å²) in [6.07, 6.45) is 4.74. The van der Waals surface area contributed by atoms with Crippen molar-refractivity contribution in [1.29, 1.82) is 0 Å². The molecule has 0 aromatic heterocycles. The Kier molecular flexibility index (Phi) is 8.10. The van der Waals surface area contributed by atoms with E-state index < -0.39 is 29.1 Å². The van der Waals surface area contributed by atoms with Crippen molar-refractivity contribution in [2.75, 3.05) is 36.0 Å². The van der Waals surface area contributed by atoms with E-state index in [2.05, 4.69) is 13.2 Å². The number of aliphatic hydroxyl groups is 1. The first-order valence-corrected chi connectivity index (χ1v) is 14.4. The van der Waals surface area contributed by atoms with Crippen LogP contribution in [0, 0.1) is 11.8 Å². The molecule has 0 saturated carbocycles. The number of benzene rings is 2. The van der Waals surface area contributed by atoms with Crippen LogP contribution < -0.4 is 9.80 Å². The molecular formula is C32H36ClN3O5. The van der Waals surface area contributed by atoms with Gasteiger partial charge in [-0.1, -0.05) is 61.0 Å². The van der Waals surface area contributed by atoms with E-state index in [1.54, 1.807) is 41.3 Å². The van der Waals surface area contributed by atoms with Crippen molar-refractivity contribution in [2.45, 2.75) is 43.4 Å². The molecule has 1 N–H and O–H groups in total. The Morgan fingerprint density at radius 2 is 1.71 bits per heavy atom. The Morgan fingerprint density at radius 1 is 1.05 bits per heavy atom. The molecule has 3 saturated heterocycles. The first-order chi connectivity index (χ1) is 19.8. The van der Waals surface area contributed by atoms with Gasteiger partial charge in [0.15, 0.2) is 0 Å². The molecule has 8 nitrogen and oxygen atoms in total. The smallest absolute Gasteiger partial charge is 0.253 e. The zero-order chi connectivity index (χ0) is 29.4. The highest BCUT2D eigenvalue weighted by Gasteiger charge is 2.79. The van der Waals surface area contributed by atoms with Crippen molar-refractivity contribution >= 4 is 40.7 Å². The van der Waals surface area contributed by atoms with Crippen LogP contribution >= 0.6 is 11.6 Å². The Balaban J connectivity index is 1.61. The largest absolute Gasteiger partial charge is 0.395 e. The highest BCUT2D eigenvalue weighted by atomic mass is 35.5. The first-order valence-electron chi connectivity index (χ1n) is 14.1. The van der Waals surface area contributed by atoms with E-state index in [0.717, 1.165) is 0 Å². The van der Waals surface area contributed by atoms with Gasteiger partial charge in [-0.2, -0.15) is 0 Å². The predicted molar refractivity (Wildman–Crippen MR) is 159 cm³/mol. The van der Waals surface area contributed by atoms with Crippen LogP contribution in [0.25, 0.3) is 0 Å². The number of hydrogen-bond acceptors (Lipinski definition) is 5. The summed E-state index contributed by atoms with van der Waals surface area (Å²) < 4.78 is 6.87. The number of β-amino-alcohol motifs (C(OH)–C–C–N with tert-alkyl or cyclic N) is 1. The average molecular weight is 578 g/mol. The van der Waals surface area contributed by atoms with Gasteiger partial charge in [0.05, 0.1) is 34.8 Å². The van der Waals surface area contributed by atoms with Crippen LogP contribution in [0.15, 0.2) is 79.9 Å². The summed E-state index contributed by atoms with van der Waals surface area (Å²) in [5.74, 6) is -2.65. The fraction of sp³-hybridized carbons (Fsp3) is 0.406. The molecule has 1 spiro atoms. The number of carbonyl (C=O) groups excluding carboxylic acids is 3. The monoisotopic (exact) mass is 577 g/mol. The Labute approximate surface area is 245 Å². The minimum atomic E-state index is -1.23. The predicted octanol–water partition coefficient (Wildman–Crippen LogP) is 4.23. The van der Waals surface area contributed by atoms with Crippen molar-refractivity contribution in [3.8, 4) is 0 Å². The van der Waals surface area contributed by atoms with Crippen molar-refractivity contribution in [3.63, 3.8) is 0 Å². The van der Waals surface area contributed by atoms with E-state index in [-0.39, 0.29) is 44.0 Å². The maximum Gasteiger partial charge on any atom is 0.253 e. The van der Waals surface area contributed by atoms with Gasteiger partial charge in [-0.3, -0.25) is 14.4 Å². The fourth-order valence-electron chi connectivity index (χ4n) is 7.20. The van der Waals surface area contributed by atoms with Gasteiger partial charge in [-0.05, 0) is 43.5 Å². The van der Waals surface area contributed by atoms with E-state index in [0.29, 0.717) is 35.7 Å². The molecule has 2 aromatic rings. The fourth-order valence-corrected chi connectivity index (χ4v) is 7.44. The normalized spacial score (nSPS) is 27.9. The number of halogens is 1. The molecule has 216 valence electrons. The van der Waals surface area contributed by atoms with Crippen LogP contribution in [0.3, 0.4) is 0 Å². The van der Waals surface area contributed by atoms with E-state index >= 15 is 0 Å². The summed E-state index contributed by atoms with van der Waals surface area (Å²) in [5.41, 5.74) is -0.941. The van der Waals surface area contributed by atoms with Crippen LogP contribution in [0.2, 0.25) is 5.02 Å². The summed E-state index contributed by atoms with van der Waals surface area (Å²) in [6, 6.07) is 15.2. The van der Waals surface area contributed by atoms with Crippen LogP contribution in [-0.2, 0) is 19.1 Å². The van der Waals surface area contributed by atoms with Crippen LogP contribution in [0.4, 0.5) is 11.4 Å². The van der Waals surface area contributed by atoms with Crippen molar-refractivity contribution in [3.05, 3.63) is 84.9 Å². The van der Waals surface area contributed by atoms with E-state index in [1.165, 1.54) is 9.80 Å². The second-order valence-electron chi connectivity index (χ2n) is 10.9. The number of anilines is 2. The topological polar surface area (TPSA) is 90.4 Å². The molecule has 5 atom stereocenters. The van der Waals surface area contributed by atoms with E-state index in [4.69, 9.17) is 16.3 Å². The van der Waals surface area contributed by atoms with Crippen LogP contribution in [0.5, 0.6) is 0 Å². The van der Waals surface area contributed by atoms with Gasteiger partial charge in [-0.25, -0.2) is 0 Å². The molecule has 2 bridgehead atoms. The summed E-state index contributed by atoms with van der Waals surface area (Å²) in [4.78, 5) is 47.8. The van der Waals surface area contributed by atoms with Crippen molar-refractivity contribution in [2.24, 2.45) is 11.8 Å². The second-order valence-corrected chi connectivity index (χ2v) is 11.3. The van der Waals surface area contributed by atoms with Gasteiger partial charge < -0.3 is 24.5 Å². The average Bonchev–Trinajstić information content (AvgIpc) is 3.59. The molecular weight excluding hydrogens is 542 g/mol. The number of nitrogens with zero attached hydrogens (tertiary/aromatic N) is 3. The third-order valence-corrected chi connectivity index (χ3v) is 9.21. The molecule has 3 amide bonds. The lowest BCUT2D eigenvalue weighted by atomic mass is 9.64. The molecule has 9 heteroatoms. The Bertz CT molecular complexity index is 1350. The summed E-state index contributed by atoms with van der Waals surface area (Å²) in [5, 5.41) is 10.4. The van der Waals surface area contributed by atoms with Gasteiger partial charge in [-0.15, -0.1) is 13.2 Å². The van der Waals surface area contributed by atoms with Crippen LogP contribution in [-0.4, -0.2) is 71.2 Å². The van der Waals surface area contributed by atoms with Crippen molar-refractivity contribution in [1.82, 2.24) is 4.90 Å². The molecule has 3 aliphatic rings. The van der Waals surface area contributed by atoms with Gasteiger partial charge in [0.25, 0.3) is 5.91 Å². The summed E-state index contributed by atoms with van der Waals surface area (Å²) in [7, 11) is 0. The zero-order valence-corrected chi connectivity index (χ0v) is 24.0. The number of para-hydroxylation sites is 2. The number of hydrogen-bond donors (Lipinski definition) is 1. The number of rotatable bonds is 11. The maximum atomic E-state index is 14.5. The highest BCUT2D eigenvalue weighted by Crippen LogP contribution is 2.64. The lowest BCUT2D eigenvalue weighted by molar-refractivity contribution is -0.146. The lowest BCUT2D eigenvalue weighted by Crippen LogP contribution is -2.57. The zero-order valence-electron chi connectivity index (χ0n) is 23.2. The standard InChI is InChI=1S/C32H36ClN3O5/c1-4-18-34(22-12-8-7-9-13-22)28(38)25-26-29(39)36(20-21-37)27(32(26)17-16-31(25,6-3)41-32)30(40)35(19-5-2)24-15-11-10-14-23(24)33/h4-5,7-15,25-27,37H,1-2,6,16-21H2,3H3/t25-,26+,27?,31+,32?/m1/s1. The van der Waals surface area contributed by atoms with E-state index in [9.17, 15) is 19.5 Å². The third kappa shape index (κ3) is 4.49. The molecule has 3 heterocycles. The minimum Gasteiger partial charge on any atom is -0.395 e. The number of amides is 3. The van der Waals surface area contributed by atoms with Gasteiger partial charge in [0.1, 0.15) is 11.6 Å². The minimum absolute atomic E-state index is 0.0591. The summed E-state index contributed by atoms with van der Waals surface area (Å²) >= 11 is 6.51. The SMILES string of the molecule is C=CCN(C(=O)[C@H]1[C@H]2C(=O)N(CCO)C(C(=O)N(CC=C)c3ccccc3Cl)C23CC[C@]1(CC)O3)c1ccccc1. The molecule has 5 rings (SSSR count). The molecule has 2 aromatic carbocycles. The Morgan fingerprint density at radius 3 is 2.34 bits per heavy atom. The number of likely N-dealkylation sites (tertiary alicyclic amines) is 1. The maximum absolute atomic E-state index is 14.5. The van der Waals surface area contributed by atoms with Crippen molar-refractivity contribution < 1.29 is 24.2 Å². The molecule has 0 aliphatic carbocycles. The molecule has 3 aliphatic heterocycles. The Hall–Kier alpha value is -3.46. The van der Waals surface area contributed by atoms with Gasteiger partial charge in [0, 0.05) is 25.3 Å². The molecule has 41 heavy (non-hydrogen) atoms. The summed E-state index contributed by atoms with van der Waals surface area (Å²) in [6.45, 7) is 9.65. The van der Waals surface area contributed by atoms with E-state index in [1.807, 2.05) is 37.3 Å². The number of aliphatic hydroxyl groups excluding tert-OH is 1. The number of ether oxygens (including phenoxy) is 1. The third-order valence-electron chi connectivity index (χ3n) is 8.89. The van der Waals surface area contributed by atoms with Crippen LogP contribution in [0.1, 0.15) is 26.2 Å². The molecule has 3 fully saturated rings. The number of carbonyl (C=O) groups is 3. The molecule has 0 radical (unpaired) electrons.